The first-order valence-corrected chi connectivity index (χ1v) is 15.9. The highest BCUT2D eigenvalue weighted by Gasteiger charge is 2.39. The van der Waals surface area contributed by atoms with Crippen molar-refractivity contribution in [2.24, 2.45) is 10.7 Å². The van der Waals surface area contributed by atoms with Crippen LogP contribution in [0, 0.1) is 5.41 Å². The van der Waals surface area contributed by atoms with Crippen LogP contribution in [-0.2, 0) is 16.1 Å². The van der Waals surface area contributed by atoms with Crippen LogP contribution >= 0.6 is 0 Å². The third-order valence-electron chi connectivity index (χ3n) is 8.76. The van der Waals surface area contributed by atoms with Gasteiger partial charge in [0.1, 0.15) is 23.8 Å². The highest BCUT2D eigenvalue weighted by atomic mass is 16.6. The van der Waals surface area contributed by atoms with Crippen molar-refractivity contribution in [1.29, 1.82) is 5.41 Å². The predicted molar refractivity (Wildman–Crippen MR) is 179 cm³/mol. The Morgan fingerprint density at radius 1 is 1.09 bits per heavy atom. The van der Waals surface area contributed by atoms with Crippen molar-refractivity contribution in [3.05, 3.63) is 77.7 Å². The van der Waals surface area contributed by atoms with Crippen molar-refractivity contribution < 1.29 is 14.3 Å². The maximum absolute atomic E-state index is 13.5. The lowest BCUT2D eigenvalue weighted by Gasteiger charge is -2.35. The van der Waals surface area contributed by atoms with Crippen molar-refractivity contribution >= 4 is 35.1 Å². The molecule has 2 fully saturated rings. The topological polar surface area (TPSA) is 146 Å². The van der Waals surface area contributed by atoms with Gasteiger partial charge in [-0.1, -0.05) is 42.5 Å². The molecule has 2 aromatic heterocycles. The van der Waals surface area contributed by atoms with E-state index in [2.05, 4.69) is 46.4 Å². The number of aromatic nitrogens is 3. The van der Waals surface area contributed by atoms with Gasteiger partial charge in [0.2, 0.25) is 5.91 Å². The first-order chi connectivity index (χ1) is 22.1. The van der Waals surface area contributed by atoms with Crippen molar-refractivity contribution in [2.75, 3.05) is 19.6 Å². The third-order valence-corrected chi connectivity index (χ3v) is 8.76. The van der Waals surface area contributed by atoms with E-state index in [1.807, 2.05) is 54.7 Å². The Morgan fingerprint density at radius 3 is 2.57 bits per heavy atom. The second-order valence-electron chi connectivity index (χ2n) is 13.2. The highest BCUT2D eigenvalue weighted by molar-refractivity contribution is 6.05. The standard InChI is InChI=1S/C35H42N8O3/c1-35(2,3)46-34(45)43-15-7-10-30(43)33(44)41-16-13-24(14-17-41)28-19-27(31(39-28)32(37)38-22-36)25-11-12-26-21-42(40-29(26)18-25)20-23-8-5-4-6-9-23/h4-6,8-9,11-12,18-19,21-22,24,30,39H,7,10,13-17,20H2,1-3H3,(H3,36,37,38). The van der Waals surface area contributed by atoms with Gasteiger partial charge in [-0.3, -0.25) is 19.8 Å². The minimum atomic E-state index is -0.609. The maximum atomic E-state index is 13.5. The molecule has 2 saturated heterocycles. The lowest BCUT2D eigenvalue weighted by molar-refractivity contribution is -0.137. The number of nitrogens with one attached hydrogen (secondary N) is 2. The van der Waals surface area contributed by atoms with Crippen LogP contribution < -0.4 is 5.73 Å². The Balaban J connectivity index is 1.19. The Bertz CT molecular complexity index is 1760. The Hall–Kier alpha value is -4.93. The zero-order chi connectivity index (χ0) is 32.4. The number of H-pyrrole nitrogens is 1. The molecule has 2 aliphatic rings. The number of rotatable bonds is 7. The average Bonchev–Trinajstić information content (AvgIpc) is 3.79. The van der Waals surface area contributed by atoms with Gasteiger partial charge in [-0.25, -0.2) is 9.79 Å². The summed E-state index contributed by atoms with van der Waals surface area (Å²) in [5, 5.41) is 13.4. The van der Waals surface area contributed by atoms with Gasteiger partial charge >= 0.3 is 6.09 Å². The number of hydrogen-bond acceptors (Lipinski definition) is 5. The summed E-state index contributed by atoms with van der Waals surface area (Å²) < 4.78 is 7.52. The number of ether oxygens (including phenoxy) is 1. The number of hydrogen-bond donors (Lipinski definition) is 3. The van der Waals surface area contributed by atoms with E-state index in [1.165, 1.54) is 5.56 Å². The second kappa shape index (κ2) is 12.8. The number of aliphatic imine (C=N–C) groups is 1. The monoisotopic (exact) mass is 622 g/mol. The molecule has 4 heterocycles. The van der Waals surface area contributed by atoms with Crippen molar-refractivity contribution in [3.63, 3.8) is 0 Å². The molecule has 1 atom stereocenters. The minimum absolute atomic E-state index is 0.00274. The molecule has 6 rings (SSSR count). The molecule has 2 aromatic carbocycles. The summed E-state index contributed by atoms with van der Waals surface area (Å²) in [6, 6.07) is 18.1. The number of piperidine rings is 1. The summed E-state index contributed by atoms with van der Waals surface area (Å²) in [5.41, 5.74) is 11.3. The van der Waals surface area contributed by atoms with Crippen LogP contribution in [0.25, 0.3) is 22.0 Å². The molecule has 4 N–H and O–H groups in total. The molecule has 0 radical (unpaired) electrons. The van der Waals surface area contributed by atoms with Crippen molar-refractivity contribution in [3.8, 4) is 11.1 Å². The number of carbonyl (C=O) groups is 2. The number of nitrogens with two attached hydrogens (primary N) is 1. The quantitative estimate of drug-likeness (QED) is 0.184. The molecule has 46 heavy (non-hydrogen) atoms. The van der Waals surface area contributed by atoms with Crippen LogP contribution in [0.4, 0.5) is 4.79 Å². The molecular formula is C35H42N8O3. The van der Waals surface area contributed by atoms with Crippen LogP contribution in [0.5, 0.6) is 0 Å². The summed E-state index contributed by atoms with van der Waals surface area (Å²) in [7, 11) is 0. The van der Waals surface area contributed by atoms with Crippen LogP contribution in [-0.4, -0.2) is 80.0 Å². The second-order valence-corrected chi connectivity index (χ2v) is 13.2. The van der Waals surface area contributed by atoms with Gasteiger partial charge in [-0.05, 0) is 69.7 Å². The number of likely N-dealkylation sites (tertiary alicyclic amines) is 2. The molecular weight excluding hydrogens is 580 g/mol. The minimum Gasteiger partial charge on any atom is -0.444 e. The first-order valence-electron chi connectivity index (χ1n) is 15.9. The van der Waals surface area contributed by atoms with Gasteiger partial charge < -0.3 is 20.4 Å². The fourth-order valence-electron chi connectivity index (χ4n) is 6.53. The normalized spacial score (nSPS) is 17.9. The van der Waals surface area contributed by atoms with Gasteiger partial charge in [-0.2, -0.15) is 5.10 Å². The molecule has 0 spiro atoms. The summed E-state index contributed by atoms with van der Waals surface area (Å²) >= 11 is 0. The fourth-order valence-corrected chi connectivity index (χ4v) is 6.53. The molecule has 0 saturated carbocycles. The van der Waals surface area contributed by atoms with Crippen LogP contribution in [0.1, 0.15) is 69.3 Å². The van der Waals surface area contributed by atoms with E-state index in [4.69, 9.17) is 21.0 Å². The van der Waals surface area contributed by atoms with E-state index in [0.29, 0.717) is 38.3 Å². The summed E-state index contributed by atoms with van der Waals surface area (Å²) in [6.45, 7) is 7.93. The lowest BCUT2D eigenvalue weighted by Crippen LogP contribution is -2.50. The number of aromatic amines is 1. The summed E-state index contributed by atoms with van der Waals surface area (Å²) in [6.07, 6.45) is 5.56. The van der Waals surface area contributed by atoms with Gasteiger partial charge in [0.05, 0.1) is 17.8 Å². The number of amides is 2. The molecule has 11 nitrogen and oxygen atoms in total. The van der Waals surface area contributed by atoms with E-state index in [9.17, 15) is 9.59 Å². The van der Waals surface area contributed by atoms with E-state index >= 15 is 0 Å². The lowest BCUT2D eigenvalue weighted by atomic mass is 9.92. The van der Waals surface area contributed by atoms with E-state index in [-0.39, 0.29) is 17.7 Å². The van der Waals surface area contributed by atoms with Gasteiger partial charge in [0.25, 0.3) is 0 Å². The largest absolute Gasteiger partial charge is 0.444 e. The summed E-state index contributed by atoms with van der Waals surface area (Å²) in [5.74, 6) is 0.419. The number of nitrogens with zero attached hydrogens (tertiary/aromatic N) is 5. The third kappa shape index (κ3) is 6.68. The number of fused-ring (bicyclic) bond motifs is 1. The zero-order valence-electron chi connectivity index (χ0n) is 26.7. The molecule has 11 heteroatoms. The Labute approximate surface area is 268 Å². The highest BCUT2D eigenvalue weighted by Crippen LogP contribution is 2.35. The van der Waals surface area contributed by atoms with Crippen LogP contribution in [0.2, 0.25) is 0 Å². The smallest absolute Gasteiger partial charge is 0.410 e. The molecule has 240 valence electrons. The van der Waals surface area contributed by atoms with Gasteiger partial charge in [0.15, 0.2) is 0 Å². The Morgan fingerprint density at radius 2 is 1.85 bits per heavy atom. The fraction of sp³-hybridized carbons (Fsp3) is 0.400. The van der Waals surface area contributed by atoms with Crippen LogP contribution in [0.3, 0.4) is 0 Å². The Kier molecular flexibility index (Phi) is 8.66. The molecule has 1 unspecified atom stereocenters. The van der Waals surface area contributed by atoms with Gasteiger partial charge in [-0.15, -0.1) is 0 Å². The molecule has 0 aliphatic carbocycles. The summed E-state index contributed by atoms with van der Waals surface area (Å²) in [4.78, 5) is 37.4. The average molecular weight is 623 g/mol. The first kappa shape index (κ1) is 31.1. The van der Waals surface area contributed by atoms with E-state index in [1.54, 1.807) is 4.90 Å². The predicted octanol–water partition coefficient (Wildman–Crippen LogP) is 5.50. The molecule has 2 amide bonds. The molecule has 4 aromatic rings. The van der Waals surface area contributed by atoms with Crippen molar-refractivity contribution in [1.82, 2.24) is 24.6 Å². The van der Waals surface area contributed by atoms with E-state index < -0.39 is 17.7 Å². The van der Waals surface area contributed by atoms with Gasteiger partial charge in [0, 0.05) is 48.4 Å². The molecule has 0 bridgehead atoms. The SMILES string of the molecule is CC(C)(C)OC(=O)N1CCCC1C(=O)N1CCC(c2cc(-c3ccc4cn(Cc5ccccc5)nc4c3)c(C(N)=NC=N)[nH]2)CC1. The number of carbonyl (C=O) groups excluding carboxylic acids is 2. The van der Waals surface area contributed by atoms with Crippen LogP contribution in [0.15, 0.2) is 65.8 Å². The number of benzene rings is 2. The van der Waals surface area contributed by atoms with Crippen molar-refractivity contribution in [2.45, 2.75) is 70.6 Å². The zero-order valence-corrected chi connectivity index (χ0v) is 26.7. The number of amidine groups is 1. The molecule has 2 aliphatic heterocycles. The van der Waals surface area contributed by atoms with E-state index in [0.717, 1.165) is 53.3 Å². The maximum Gasteiger partial charge on any atom is 0.410 e.